The van der Waals surface area contributed by atoms with Crippen molar-refractivity contribution in [3.63, 3.8) is 0 Å². The molecule has 0 bridgehead atoms. The van der Waals surface area contributed by atoms with Crippen LogP contribution in [0.25, 0.3) is 0 Å². The van der Waals surface area contributed by atoms with E-state index >= 15 is 0 Å². The first-order valence-corrected chi connectivity index (χ1v) is 4.86. The Morgan fingerprint density at radius 1 is 1.71 bits per heavy atom. The van der Waals surface area contributed by atoms with Crippen LogP contribution in [0.4, 0.5) is 0 Å². The summed E-state index contributed by atoms with van der Waals surface area (Å²) in [6.07, 6.45) is 1.55. The summed E-state index contributed by atoms with van der Waals surface area (Å²) < 4.78 is 0. The van der Waals surface area contributed by atoms with Gasteiger partial charge in [-0.1, -0.05) is 0 Å². The van der Waals surface area contributed by atoms with Crippen LogP contribution in [0.1, 0.15) is 24.3 Å². The molecule has 0 radical (unpaired) electrons. The molecule has 1 aromatic heterocycles. The van der Waals surface area contributed by atoms with Crippen molar-refractivity contribution in [3.8, 4) is 0 Å². The molecule has 14 heavy (non-hydrogen) atoms. The fraction of sp³-hybridized carbons (Fsp3) is 0.556. The van der Waals surface area contributed by atoms with E-state index in [9.17, 15) is 4.79 Å². The molecule has 0 atom stereocenters. The Hall–Kier alpha value is -1.03. The number of nitrogens with one attached hydrogen (secondary N) is 1. The maximum Gasteiger partial charge on any atom is 0.272 e. The smallest absolute Gasteiger partial charge is 0.272 e. The van der Waals surface area contributed by atoms with Gasteiger partial charge in [0.2, 0.25) is 0 Å². The second kappa shape index (κ2) is 4.00. The van der Waals surface area contributed by atoms with E-state index in [1.54, 1.807) is 24.2 Å². The fourth-order valence-electron chi connectivity index (χ4n) is 0.920. The number of hydrogen-bond acceptors (Lipinski definition) is 2. The quantitative estimate of drug-likeness (QED) is 0.777. The number of aromatic nitrogens is 2. The van der Waals surface area contributed by atoms with E-state index in [1.807, 2.05) is 13.8 Å². The molecule has 0 aliphatic carbocycles. The second-order valence-corrected chi connectivity index (χ2v) is 4.05. The number of hydrogen-bond donors (Lipinski definition) is 1. The number of H-pyrrole nitrogens is 1. The van der Waals surface area contributed by atoms with Crippen LogP contribution in [-0.2, 0) is 0 Å². The minimum Gasteiger partial charge on any atom is -0.334 e. The highest BCUT2D eigenvalue weighted by atomic mass is 35.5. The van der Waals surface area contributed by atoms with Crippen LogP contribution in [-0.4, -0.2) is 39.5 Å². The van der Waals surface area contributed by atoms with Crippen LogP contribution in [0.2, 0.25) is 0 Å². The number of halogens is 1. The van der Waals surface area contributed by atoms with Crippen LogP contribution in [0.3, 0.4) is 0 Å². The van der Waals surface area contributed by atoms with Gasteiger partial charge in [-0.15, -0.1) is 11.6 Å². The lowest BCUT2D eigenvalue weighted by Gasteiger charge is -2.33. The summed E-state index contributed by atoms with van der Waals surface area (Å²) in [6.45, 7) is 3.82. The molecule has 1 heterocycles. The van der Waals surface area contributed by atoms with E-state index in [1.165, 1.54) is 0 Å². The van der Waals surface area contributed by atoms with Crippen molar-refractivity contribution in [2.75, 3.05) is 12.9 Å². The summed E-state index contributed by atoms with van der Waals surface area (Å²) >= 11 is 5.77. The van der Waals surface area contributed by atoms with Gasteiger partial charge in [-0.2, -0.15) is 5.10 Å². The molecule has 1 aromatic rings. The number of alkyl halides is 1. The van der Waals surface area contributed by atoms with Gasteiger partial charge >= 0.3 is 0 Å². The Kier molecular flexibility index (Phi) is 3.16. The standard InChI is InChI=1S/C9H14ClN3O/c1-9(2,6-10)13(3)8(14)7-4-5-11-12-7/h4-5H,6H2,1-3H3,(H,11,12). The third-order valence-corrected chi connectivity index (χ3v) is 2.92. The van der Waals surface area contributed by atoms with Crippen LogP contribution in [0.15, 0.2) is 12.3 Å². The Morgan fingerprint density at radius 2 is 2.36 bits per heavy atom. The van der Waals surface area contributed by atoms with Gasteiger partial charge in [0, 0.05) is 19.1 Å². The van der Waals surface area contributed by atoms with Crippen molar-refractivity contribution in [3.05, 3.63) is 18.0 Å². The van der Waals surface area contributed by atoms with Crippen molar-refractivity contribution < 1.29 is 4.79 Å². The van der Waals surface area contributed by atoms with Crippen LogP contribution >= 0.6 is 11.6 Å². The third-order valence-electron chi connectivity index (χ3n) is 2.27. The molecule has 0 aliphatic heterocycles. The summed E-state index contributed by atoms with van der Waals surface area (Å²) in [7, 11) is 1.73. The molecule has 0 saturated carbocycles. The topological polar surface area (TPSA) is 49.0 Å². The zero-order chi connectivity index (χ0) is 10.8. The van der Waals surface area contributed by atoms with Crippen molar-refractivity contribution in [1.29, 1.82) is 0 Å². The number of nitrogens with zero attached hydrogens (tertiary/aromatic N) is 2. The van der Waals surface area contributed by atoms with Gasteiger partial charge < -0.3 is 4.90 Å². The number of carbonyl (C=O) groups is 1. The molecule has 0 aliphatic rings. The normalized spacial score (nSPS) is 11.4. The minimum atomic E-state index is -0.357. The maximum atomic E-state index is 11.8. The first kappa shape index (κ1) is 11.0. The summed E-state index contributed by atoms with van der Waals surface area (Å²) in [5.74, 6) is 0.289. The molecule has 0 fully saturated rings. The minimum absolute atomic E-state index is 0.104. The lowest BCUT2D eigenvalue weighted by Crippen LogP contribution is -2.46. The van der Waals surface area contributed by atoms with Gasteiger partial charge in [-0.25, -0.2) is 0 Å². The molecular weight excluding hydrogens is 202 g/mol. The van der Waals surface area contributed by atoms with Crippen molar-refractivity contribution in [1.82, 2.24) is 15.1 Å². The molecule has 0 saturated heterocycles. The second-order valence-electron chi connectivity index (χ2n) is 3.78. The Morgan fingerprint density at radius 3 is 2.79 bits per heavy atom. The molecular formula is C9H14ClN3O. The molecule has 0 unspecified atom stereocenters. The van der Waals surface area contributed by atoms with Crippen LogP contribution in [0, 0.1) is 0 Å². The lowest BCUT2D eigenvalue weighted by molar-refractivity contribution is 0.0654. The number of carbonyl (C=O) groups excluding carboxylic acids is 1. The molecule has 0 aromatic carbocycles. The molecule has 4 nitrogen and oxygen atoms in total. The predicted octanol–water partition coefficient (Wildman–Crippen LogP) is 1.50. The monoisotopic (exact) mass is 215 g/mol. The molecule has 1 amide bonds. The van der Waals surface area contributed by atoms with E-state index in [4.69, 9.17) is 11.6 Å². The van der Waals surface area contributed by atoms with Crippen molar-refractivity contribution in [2.24, 2.45) is 0 Å². The largest absolute Gasteiger partial charge is 0.334 e. The van der Waals surface area contributed by atoms with Crippen LogP contribution < -0.4 is 0 Å². The lowest BCUT2D eigenvalue weighted by atomic mass is 10.1. The van der Waals surface area contributed by atoms with Gasteiger partial charge in [-0.05, 0) is 19.9 Å². The Labute approximate surface area is 88.2 Å². The zero-order valence-electron chi connectivity index (χ0n) is 8.54. The zero-order valence-corrected chi connectivity index (χ0v) is 9.30. The highest BCUT2D eigenvalue weighted by molar-refractivity contribution is 6.18. The Balaban J connectivity index is 2.81. The Bertz CT molecular complexity index is 308. The van der Waals surface area contributed by atoms with E-state index in [2.05, 4.69) is 10.2 Å². The summed E-state index contributed by atoms with van der Waals surface area (Å²) in [6, 6.07) is 1.64. The summed E-state index contributed by atoms with van der Waals surface area (Å²) in [5, 5.41) is 6.36. The number of aromatic amines is 1. The molecule has 1 N–H and O–H groups in total. The average molecular weight is 216 g/mol. The first-order chi connectivity index (χ1) is 6.49. The first-order valence-electron chi connectivity index (χ1n) is 4.32. The average Bonchev–Trinajstić information content (AvgIpc) is 2.68. The fourth-order valence-corrected chi connectivity index (χ4v) is 1.10. The van der Waals surface area contributed by atoms with Gasteiger partial charge in [-0.3, -0.25) is 9.89 Å². The van der Waals surface area contributed by atoms with E-state index in [0.29, 0.717) is 11.6 Å². The van der Waals surface area contributed by atoms with Crippen LogP contribution in [0.5, 0.6) is 0 Å². The predicted molar refractivity (Wildman–Crippen MR) is 55.5 cm³/mol. The van der Waals surface area contributed by atoms with E-state index in [-0.39, 0.29) is 11.4 Å². The van der Waals surface area contributed by atoms with Gasteiger partial charge in [0.15, 0.2) is 0 Å². The maximum absolute atomic E-state index is 11.8. The summed E-state index contributed by atoms with van der Waals surface area (Å²) in [5.41, 5.74) is 0.120. The van der Waals surface area contributed by atoms with Gasteiger partial charge in [0.1, 0.15) is 5.69 Å². The SMILES string of the molecule is CN(C(=O)c1ccn[nH]1)C(C)(C)CCl. The molecule has 1 rings (SSSR count). The van der Waals surface area contributed by atoms with E-state index < -0.39 is 0 Å². The highest BCUT2D eigenvalue weighted by Gasteiger charge is 2.27. The highest BCUT2D eigenvalue weighted by Crippen LogP contribution is 2.16. The number of rotatable bonds is 3. The van der Waals surface area contributed by atoms with Crippen molar-refractivity contribution >= 4 is 17.5 Å². The van der Waals surface area contributed by atoms with Gasteiger partial charge in [0.25, 0.3) is 5.91 Å². The summed E-state index contributed by atoms with van der Waals surface area (Å²) in [4.78, 5) is 13.4. The molecule has 0 spiro atoms. The van der Waals surface area contributed by atoms with E-state index in [0.717, 1.165) is 0 Å². The number of amides is 1. The third kappa shape index (κ3) is 2.07. The molecule has 5 heteroatoms. The van der Waals surface area contributed by atoms with Gasteiger partial charge in [0.05, 0.1) is 5.54 Å². The molecule has 78 valence electrons. The van der Waals surface area contributed by atoms with Crippen molar-refractivity contribution in [2.45, 2.75) is 19.4 Å².